The standard InChI is InChI=1S/C12H22BrNO/c1-9(12(2,3)4)7-11(15)14-6-5-10(13)8-14/h9-10H,5-8H2,1-4H3. The van der Waals surface area contributed by atoms with Crippen molar-refractivity contribution in [1.29, 1.82) is 0 Å². The molecule has 15 heavy (non-hydrogen) atoms. The van der Waals surface area contributed by atoms with Gasteiger partial charge in [-0.25, -0.2) is 0 Å². The third-order valence-electron chi connectivity index (χ3n) is 3.44. The van der Waals surface area contributed by atoms with Gasteiger partial charge in [0.2, 0.25) is 5.91 Å². The summed E-state index contributed by atoms with van der Waals surface area (Å²) in [5.41, 5.74) is 0.225. The number of alkyl halides is 1. The van der Waals surface area contributed by atoms with Gasteiger partial charge in [0.1, 0.15) is 0 Å². The number of hydrogen-bond donors (Lipinski definition) is 0. The smallest absolute Gasteiger partial charge is 0.222 e. The molecule has 0 N–H and O–H groups in total. The second kappa shape index (κ2) is 4.86. The number of halogens is 1. The molecule has 0 radical (unpaired) electrons. The van der Waals surface area contributed by atoms with E-state index >= 15 is 0 Å². The summed E-state index contributed by atoms with van der Waals surface area (Å²) in [7, 11) is 0. The summed E-state index contributed by atoms with van der Waals surface area (Å²) >= 11 is 3.56. The molecule has 1 aliphatic heterocycles. The largest absolute Gasteiger partial charge is 0.342 e. The molecular weight excluding hydrogens is 254 g/mol. The van der Waals surface area contributed by atoms with Crippen LogP contribution in [0.25, 0.3) is 0 Å². The molecule has 0 aromatic heterocycles. The summed E-state index contributed by atoms with van der Waals surface area (Å²) in [4.78, 5) is 14.4. The molecule has 0 aromatic rings. The van der Waals surface area contributed by atoms with Crippen molar-refractivity contribution in [2.75, 3.05) is 13.1 Å². The van der Waals surface area contributed by atoms with Crippen LogP contribution in [-0.2, 0) is 4.79 Å². The number of carbonyl (C=O) groups excluding carboxylic acids is 1. The minimum Gasteiger partial charge on any atom is -0.342 e. The lowest BCUT2D eigenvalue weighted by molar-refractivity contribution is -0.131. The minimum atomic E-state index is 0.225. The Hall–Kier alpha value is -0.0500. The van der Waals surface area contributed by atoms with E-state index in [9.17, 15) is 4.79 Å². The van der Waals surface area contributed by atoms with Crippen LogP contribution in [0.4, 0.5) is 0 Å². The maximum atomic E-state index is 12.0. The Morgan fingerprint density at radius 3 is 2.53 bits per heavy atom. The van der Waals surface area contributed by atoms with Crippen molar-refractivity contribution < 1.29 is 4.79 Å². The normalized spacial score (nSPS) is 24.3. The van der Waals surface area contributed by atoms with Crippen LogP contribution >= 0.6 is 15.9 Å². The number of likely N-dealkylation sites (tertiary alicyclic amines) is 1. The van der Waals surface area contributed by atoms with Crippen molar-refractivity contribution in [3.8, 4) is 0 Å². The summed E-state index contributed by atoms with van der Waals surface area (Å²) in [5.74, 6) is 0.763. The predicted molar refractivity (Wildman–Crippen MR) is 67.1 cm³/mol. The first kappa shape index (κ1) is 13.0. The molecule has 0 spiro atoms. The zero-order valence-corrected chi connectivity index (χ0v) is 11.8. The van der Waals surface area contributed by atoms with Gasteiger partial charge < -0.3 is 4.90 Å². The molecule has 0 aliphatic carbocycles. The fourth-order valence-electron chi connectivity index (χ4n) is 1.64. The Balaban J connectivity index is 2.42. The summed E-state index contributed by atoms with van der Waals surface area (Å²) < 4.78 is 0. The van der Waals surface area contributed by atoms with Gasteiger partial charge in [-0.15, -0.1) is 0 Å². The van der Waals surface area contributed by atoms with E-state index in [0.717, 1.165) is 19.5 Å². The quantitative estimate of drug-likeness (QED) is 0.710. The average molecular weight is 276 g/mol. The van der Waals surface area contributed by atoms with Crippen LogP contribution < -0.4 is 0 Å². The van der Waals surface area contributed by atoms with E-state index in [4.69, 9.17) is 0 Å². The summed E-state index contributed by atoms with van der Waals surface area (Å²) in [6.45, 7) is 10.6. The molecule has 2 nitrogen and oxygen atoms in total. The molecule has 1 saturated heterocycles. The van der Waals surface area contributed by atoms with Crippen LogP contribution in [0.5, 0.6) is 0 Å². The number of hydrogen-bond acceptors (Lipinski definition) is 1. The van der Waals surface area contributed by atoms with E-state index in [1.54, 1.807) is 0 Å². The van der Waals surface area contributed by atoms with Crippen molar-refractivity contribution >= 4 is 21.8 Å². The Kier molecular flexibility index (Phi) is 4.21. The summed E-state index contributed by atoms with van der Waals surface area (Å²) in [6.07, 6.45) is 1.78. The molecule has 88 valence electrons. The molecule has 1 amide bonds. The van der Waals surface area contributed by atoms with Crippen molar-refractivity contribution in [3.63, 3.8) is 0 Å². The second-order valence-corrected chi connectivity index (χ2v) is 6.99. The van der Waals surface area contributed by atoms with E-state index < -0.39 is 0 Å². The molecule has 0 aromatic carbocycles. The molecule has 2 atom stereocenters. The fraction of sp³-hybridized carbons (Fsp3) is 0.917. The van der Waals surface area contributed by atoms with E-state index in [2.05, 4.69) is 43.6 Å². The molecule has 1 fully saturated rings. The highest BCUT2D eigenvalue weighted by atomic mass is 79.9. The first-order valence-corrected chi connectivity index (χ1v) is 6.64. The van der Waals surface area contributed by atoms with Crippen LogP contribution in [0, 0.1) is 11.3 Å². The lowest BCUT2D eigenvalue weighted by Crippen LogP contribution is -2.32. The van der Waals surface area contributed by atoms with Crippen LogP contribution in [0.3, 0.4) is 0 Å². The topological polar surface area (TPSA) is 20.3 Å². The van der Waals surface area contributed by atoms with Gasteiger partial charge in [0.25, 0.3) is 0 Å². The molecule has 1 heterocycles. The molecular formula is C12H22BrNO. The number of carbonyl (C=O) groups is 1. The van der Waals surface area contributed by atoms with Gasteiger partial charge in [0, 0.05) is 24.3 Å². The number of amides is 1. The van der Waals surface area contributed by atoms with Gasteiger partial charge in [0.05, 0.1) is 0 Å². The molecule has 2 unspecified atom stereocenters. The van der Waals surface area contributed by atoms with Gasteiger partial charge in [-0.3, -0.25) is 4.79 Å². The lowest BCUT2D eigenvalue weighted by atomic mass is 9.80. The SMILES string of the molecule is CC(CC(=O)N1CCC(Br)C1)C(C)(C)C. The van der Waals surface area contributed by atoms with Crippen LogP contribution in [0.1, 0.15) is 40.5 Å². The second-order valence-electron chi connectivity index (χ2n) is 5.70. The molecule has 0 saturated carbocycles. The third kappa shape index (κ3) is 3.78. The van der Waals surface area contributed by atoms with Gasteiger partial charge in [-0.2, -0.15) is 0 Å². The Bertz CT molecular complexity index is 234. The molecule has 1 rings (SSSR count). The van der Waals surface area contributed by atoms with E-state index in [1.165, 1.54) is 0 Å². The third-order valence-corrected chi connectivity index (χ3v) is 4.19. The number of rotatable bonds is 2. The van der Waals surface area contributed by atoms with Gasteiger partial charge in [-0.1, -0.05) is 43.6 Å². The van der Waals surface area contributed by atoms with Crippen molar-refractivity contribution in [2.24, 2.45) is 11.3 Å². The van der Waals surface area contributed by atoms with Gasteiger partial charge in [0.15, 0.2) is 0 Å². The first-order valence-electron chi connectivity index (χ1n) is 5.72. The average Bonchev–Trinajstić information content (AvgIpc) is 2.50. The zero-order chi connectivity index (χ0) is 11.6. The number of nitrogens with zero attached hydrogens (tertiary/aromatic N) is 1. The van der Waals surface area contributed by atoms with Crippen LogP contribution in [-0.4, -0.2) is 28.7 Å². The van der Waals surface area contributed by atoms with Crippen LogP contribution in [0.15, 0.2) is 0 Å². The first-order chi connectivity index (χ1) is 6.80. The monoisotopic (exact) mass is 275 g/mol. The summed E-state index contributed by atoms with van der Waals surface area (Å²) in [5, 5.41) is 0. The molecule has 0 bridgehead atoms. The van der Waals surface area contributed by atoms with Crippen molar-refractivity contribution in [2.45, 2.75) is 45.4 Å². The maximum Gasteiger partial charge on any atom is 0.222 e. The zero-order valence-electron chi connectivity index (χ0n) is 10.2. The Labute approximate surface area is 102 Å². The molecule has 3 heteroatoms. The highest BCUT2D eigenvalue weighted by molar-refractivity contribution is 9.09. The maximum absolute atomic E-state index is 12.0. The summed E-state index contributed by atoms with van der Waals surface area (Å²) in [6, 6.07) is 0. The van der Waals surface area contributed by atoms with E-state index in [1.807, 2.05) is 4.90 Å². The fourth-order valence-corrected chi connectivity index (χ4v) is 2.20. The Morgan fingerprint density at radius 1 is 1.53 bits per heavy atom. The van der Waals surface area contributed by atoms with Gasteiger partial charge in [-0.05, 0) is 17.8 Å². The van der Waals surface area contributed by atoms with Crippen molar-refractivity contribution in [1.82, 2.24) is 4.90 Å². The van der Waals surface area contributed by atoms with Crippen LogP contribution in [0.2, 0.25) is 0 Å². The van der Waals surface area contributed by atoms with Gasteiger partial charge >= 0.3 is 0 Å². The highest BCUT2D eigenvalue weighted by Crippen LogP contribution is 2.29. The van der Waals surface area contributed by atoms with E-state index in [-0.39, 0.29) is 5.41 Å². The predicted octanol–water partition coefficient (Wildman–Crippen LogP) is 3.05. The van der Waals surface area contributed by atoms with E-state index in [0.29, 0.717) is 23.1 Å². The van der Waals surface area contributed by atoms with Crippen molar-refractivity contribution in [3.05, 3.63) is 0 Å². The highest BCUT2D eigenvalue weighted by Gasteiger charge is 2.28. The lowest BCUT2D eigenvalue weighted by Gasteiger charge is -2.28. The Morgan fingerprint density at radius 2 is 2.13 bits per heavy atom. The minimum absolute atomic E-state index is 0.225. The molecule has 1 aliphatic rings.